The molecule has 162 valence electrons. The minimum absolute atomic E-state index is 0.0226. The Balaban J connectivity index is 1.92. The van der Waals surface area contributed by atoms with Gasteiger partial charge in [0.05, 0.1) is 24.5 Å². The van der Waals surface area contributed by atoms with Gasteiger partial charge in [-0.05, 0) is 45.4 Å². The SMILES string of the molecule is CC[C@H]1CC(NC(C)c2cc(F)c(-c3cc(C(C)(C)F)nc(OC)n3)cc2F)=CN1. The third-order valence-electron chi connectivity index (χ3n) is 5.18. The standard InChI is InChI=1S/C22H27F3N4O/c1-6-13-7-14(11-26-13)27-12(2)15-8-18(24)16(9-17(15)23)19-10-20(22(3,4)25)29-21(28-19)30-5/h8-13,26-27H,6-7H2,1-5H3/t12?,13-/m0/s1. The van der Waals surface area contributed by atoms with Gasteiger partial charge in [0.2, 0.25) is 0 Å². The van der Waals surface area contributed by atoms with E-state index in [1.165, 1.54) is 27.0 Å². The molecule has 8 heteroatoms. The van der Waals surface area contributed by atoms with Crippen LogP contribution < -0.4 is 15.4 Å². The summed E-state index contributed by atoms with van der Waals surface area (Å²) in [5.41, 5.74) is -0.646. The quantitative estimate of drug-likeness (QED) is 0.667. The zero-order valence-electron chi connectivity index (χ0n) is 17.8. The van der Waals surface area contributed by atoms with Crippen molar-refractivity contribution in [2.24, 2.45) is 0 Å². The second-order valence-corrected chi connectivity index (χ2v) is 7.96. The summed E-state index contributed by atoms with van der Waals surface area (Å²) in [5.74, 6) is -1.24. The maximum atomic E-state index is 15.0. The van der Waals surface area contributed by atoms with E-state index < -0.39 is 23.3 Å². The van der Waals surface area contributed by atoms with E-state index in [0.717, 1.165) is 30.7 Å². The van der Waals surface area contributed by atoms with E-state index in [9.17, 15) is 13.2 Å². The fourth-order valence-corrected chi connectivity index (χ4v) is 3.37. The fraction of sp³-hybridized carbons (Fsp3) is 0.455. The smallest absolute Gasteiger partial charge is 0.316 e. The third kappa shape index (κ3) is 4.68. The first kappa shape index (κ1) is 21.9. The first-order chi connectivity index (χ1) is 14.1. The van der Waals surface area contributed by atoms with Crippen molar-refractivity contribution in [1.29, 1.82) is 0 Å². The molecular formula is C22H27F3N4O. The zero-order valence-corrected chi connectivity index (χ0v) is 17.8. The molecule has 0 aliphatic carbocycles. The summed E-state index contributed by atoms with van der Waals surface area (Å²) in [7, 11) is 1.33. The lowest BCUT2D eigenvalue weighted by atomic mass is 10.00. The number of hydrogen-bond donors (Lipinski definition) is 2. The number of benzene rings is 1. The molecule has 1 unspecified atom stereocenters. The molecule has 0 fully saturated rings. The molecule has 30 heavy (non-hydrogen) atoms. The summed E-state index contributed by atoms with van der Waals surface area (Å²) in [5, 5.41) is 6.48. The molecule has 2 atom stereocenters. The zero-order chi connectivity index (χ0) is 22.1. The monoisotopic (exact) mass is 420 g/mol. The number of rotatable bonds is 7. The van der Waals surface area contributed by atoms with Gasteiger partial charge in [-0.3, -0.25) is 0 Å². The number of nitrogens with zero attached hydrogens (tertiary/aromatic N) is 2. The van der Waals surface area contributed by atoms with Crippen molar-refractivity contribution in [3.05, 3.63) is 53.0 Å². The molecule has 1 aliphatic rings. The predicted octanol–water partition coefficient (Wildman–Crippen LogP) is 4.90. The summed E-state index contributed by atoms with van der Waals surface area (Å²) < 4.78 is 49.3. The van der Waals surface area contributed by atoms with Crippen LogP contribution in [0.15, 0.2) is 30.1 Å². The summed E-state index contributed by atoms with van der Waals surface area (Å²) in [6.07, 6.45) is 3.67. The van der Waals surface area contributed by atoms with Crippen LogP contribution >= 0.6 is 0 Å². The Bertz CT molecular complexity index is 956. The Morgan fingerprint density at radius 3 is 2.57 bits per heavy atom. The highest BCUT2D eigenvalue weighted by atomic mass is 19.1. The summed E-state index contributed by atoms with van der Waals surface area (Å²) >= 11 is 0. The molecule has 0 amide bonds. The Labute approximate surface area is 174 Å². The van der Waals surface area contributed by atoms with Crippen molar-refractivity contribution in [3.63, 3.8) is 0 Å². The van der Waals surface area contributed by atoms with Gasteiger partial charge in [-0.1, -0.05) is 6.92 Å². The molecule has 0 saturated carbocycles. The van der Waals surface area contributed by atoms with Crippen LogP contribution in [0.2, 0.25) is 0 Å². The summed E-state index contributed by atoms with van der Waals surface area (Å²) in [4.78, 5) is 8.04. The Hall–Kier alpha value is -2.77. The molecule has 0 saturated heterocycles. The van der Waals surface area contributed by atoms with Crippen LogP contribution in [0.1, 0.15) is 57.8 Å². The molecular weight excluding hydrogens is 393 g/mol. The van der Waals surface area contributed by atoms with Crippen molar-refractivity contribution >= 4 is 0 Å². The van der Waals surface area contributed by atoms with Crippen LogP contribution in [-0.4, -0.2) is 23.1 Å². The Kier molecular flexibility index (Phi) is 6.24. The number of alkyl halides is 1. The number of methoxy groups -OCH3 is 1. The molecule has 0 spiro atoms. The lowest BCUT2D eigenvalue weighted by Crippen LogP contribution is -2.20. The fourth-order valence-electron chi connectivity index (χ4n) is 3.37. The molecule has 2 N–H and O–H groups in total. The maximum Gasteiger partial charge on any atom is 0.316 e. The predicted molar refractivity (Wildman–Crippen MR) is 110 cm³/mol. The van der Waals surface area contributed by atoms with Crippen molar-refractivity contribution in [3.8, 4) is 17.3 Å². The first-order valence-electron chi connectivity index (χ1n) is 9.95. The molecule has 1 aromatic carbocycles. The van der Waals surface area contributed by atoms with Gasteiger partial charge in [-0.2, -0.15) is 9.97 Å². The second kappa shape index (κ2) is 8.53. The van der Waals surface area contributed by atoms with E-state index in [0.29, 0.717) is 6.04 Å². The van der Waals surface area contributed by atoms with E-state index >= 15 is 0 Å². The summed E-state index contributed by atoms with van der Waals surface area (Å²) in [6, 6.07) is 3.34. The van der Waals surface area contributed by atoms with Crippen molar-refractivity contribution in [2.75, 3.05) is 7.11 Å². The van der Waals surface area contributed by atoms with Crippen molar-refractivity contribution < 1.29 is 17.9 Å². The van der Waals surface area contributed by atoms with Gasteiger partial charge in [0.25, 0.3) is 0 Å². The molecule has 3 rings (SSSR count). The minimum atomic E-state index is -1.79. The number of ether oxygens (including phenoxy) is 1. The number of nitrogens with one attached hydrogen (secondary N) is 2. The lowest BCUT2D eigenvalue weighted by molar-refractivity contribution is 0.211. The summed E-state index contributed by atoms with van der Waals surface area (Å²) in [6.45, 7) is 6.50. The molecule has 5 nitrogen and oxygen atoms in total. The highest BCUT2D eigenvalue weighted by Gasteiger charge is 2.25. The maximum absolute atomic E-state index is 15.0. The molecule has 2 heterocycles. The molecule has 0 bridgehead atoms. The van der Waals surface area contributed by atoms with Crippen LogP contribution in [-0.2, 0) is 5.67 Å². The van der Waals surface area contributed by atoms with E-state index in [-0.39, 0.29) is 28.5 Å². The Morgan fingerprint density at radius 2 is 1.97 bits per heavy atom. The van der Waals surface area contributed by atoms with E-state index in [1.807, 2.05) is 6.20 Å². The second-order valence-electron chi connectivity index (χ2n) is 7.96. The van der Waals surface area contributed by atoms with Gasteiger partial charge >= 0.3 is 6.01 Å². The molecule has 0 radical (unpaired) electrons. The van der Waals surface area contributed by atoms with Crippen LogP contribution in [0, 0.1) is 11.6 Å². The van der Waals surface area contributed by atoms with Crippen molar-refractivity contribution in [1.82, 2.24) is 20.6 Å². The van der Waals surface area contributed by atoms with E-state index in [2.05, 4.69) is 27.5 Å². The highest BCUT2D eigenvalue weighted by molar-refractivity contribution is 5.62. The topological polar surface area (TPSA) is 59.1 Å². The van der Waals surface area contributed by atoms with Gasteiger partial charge < -0.3 is 15.4 Å². The largest absolute Gasteiger partial charge is 0.467 e. The third-order valence-corrected chi connectivity index (χ3v) is 5.18. The van der Waals surface area contributed by atoms with Gasteiger partial charge in [0.1, 0.15) is 17.3 Å². The van der Waals surface area contributed by atoms with Gasteiger partial charge in [0, 0.05) is 35.5 Å². The normalized spacial score (nSPS) is 17.3. The van der Waals surface area contributed by atoms with Crippen molar-refractivity contribution in [2.45, 2.75) is 58.3 Å². The minimum Gasteiger partial charge on any atom is -0.467 e. The first-order valence-corrected chi connectivity index (χ1v) is 9.95. The van der Waals surface area contributed by atoms with E-state index in [4.69, 9.17) is 4.74 Å². The Morgan fingerprint density at radius 1 is 1.23 bits per heavy atom. The van der Waals surface area contributed by atoms with Gasteiger partial charge in [0.15, 0.2) is 0 Å². The number of hydrogen-bond acceptors (Lipinski definition) is 5. The van der Waals surface area contributed by atoms with Crippen LogP contribution in [0.5, 0.6) is 6.01 Å². The van der Waals surface area contributed by atoms with Crippen LogP contribution in [0.3, 0.4) is 0 Å². The molecule has 1 aliphatic heterocycles. The van der Waals surface area contributed by atoms with Gasteiger partial charge in [-0.15, -0.1) is 0 Å². The number of halogens is 3. The highest BCUT2D eigenvalue weighted by Crippen LogP contribution is 2.32. The van der Waals surface area contributed by atoms with Crippen LogP contribution in [0.25, 0.3) is 11.3 Å². The molecule has 1 aromatic heterocycles. The van der Waals surface area contributed by atoms with Gasteiger partial charge in [-0.25, -0.2) is 13.2 Å². The lowest BCUT2D eigenvalue weighted by Gasteiger charge is -2.19. The average Bonchev–Trinajstić information content (AvgIpc) is 3.15. The van der Waals surface area contributed by atoms with E-state index in [1.54, 1.807) is 6.92 Å². The number of aromatic nitrogens is 2. The average molecular weight is 420 g/mol. The van der Waals surface area contributed by atoms with Crippen LogP contribution in [0.4, 0.5) is 13.2 Å². The molecule has 2 aromatic rings.